The average Bonchev–Trinajstić information content (AvgIpc) is 2.37. The number of carboxylic acid groups (broad SMARTS) is 1. The number of fused-ring (bicyclic) bond motifs is 3. The first-order valence-corrected chi connectivity index (χ1v) is 6.38. The van der Waals surface area contributed by atoms with E-state index in [0.29, 0.717) is 6.42 Å². The lowest BCUT2D eigenvalue weighted by Gasteiger charge is -2.45. The first-order valence-electron chi connectivity index (χ1n) is 6.38. The first kappa shape index (κ1) is 12.9. The van der Waals surface area contributed by atoms with Crippen molar-refractivity contribution in [2.24, 2.45) is 17.8 Å². The van der Waals surface area contributed by atoms with Gasteiger partial charge in [0.25, 0.3) is 0 Å². The van der Waals surface area contributed by atoms with Gasteiger partial charge in [0.1, 0.15) is 6.61 Å². The van der Waals surface area contributed by atoms with Gasteiger partial charge in [-0.15, -0.1) is 0 Å². The molecule has 4 atom stereocenters. The highest BCUT2D eigenvalue weighted by Gasteiger charge is 2.45. The van der Waals surface area contributed by atoms with Crippen LogP contribution < -0.4 is 5.32 Å². The quantitative estimate of drug-likeness (QED) is 0.749. The smallest absolute Gasteiger partial charge is 0.407 e. The molecule has 0 aromatic heterocycles. The molecule has 100 valence electrons. The van der Waals surface area contributed by atoms with Crippen molar-refractivity contribution in [1.82, 2.24) is 5.32 Å². The maximum atomic E-state index is 11.5. The number of alkyl carbamates (subject to hydrolysis) is 1. The minimum Gasteiger partial charge on any atom is -0.481 e. The van der Waals surface area contributed by atoms with Crippen LogP contribution in [0, 0.1) is 17.8 Å². The number of rotatable bonds is 4. The lowest BCUT2D eigenvalue weighted by Crippen LogP contribution is -2.51. The van der Waals surface area contributed by atoms with Gasteiger partial charge in [0.15, 0.2) is 0 Å². The molecule has 3 saturated carbocycles. The third kappa shape index (κ3) is 2.66. The number of hydrogen-bond donors (Lipinski definition) is 2. The van der Waals surface area contributed by atoms with Gasteiger partial charge >= 0.3 is 12.1 Å². The Morgan fingerprint density at radius 2 is 2.06 bits per heavy atom. The van der Waals surface area contributed by atoms with E-state index in [1.165, 1.54) is 6.08 Å². The molecule has 5 heteroatoms. The third-order valence-corrected chi connectivity index (χ3v) is 4.11. The summed E-state index contributed by atoms with van der Waals surface area (Å²) >= 11 is 0. The molecule has 2 bridgehead atoms. The van der Waals surface area contributed by atoms with E-state index in [0.717, 1.165) is 19.3 Å². The standard InChI is InChI=1S/C13H19NO4/c1-2-5-18-13(17)14-11-7-8-3-4-9(11)6-10(8)12(15)16/h2,8-11H,1,3-7H2,(H,14,17)(H,15,16)/t8-,9-,10-,11-/m1/s1. The van der Waals surface area contributed by atoms with E-state index >= 15 is 0 Å². The van der Waals surface area contributed by atoms with E-state index in [-0.39, 0.29) is 30.4 Å². The zero-order valence-corrected chi connectivity index (χ0v) is 10.3. The Hall–Kier alpha value is -1.52. The van der Waals surface area contributed by atoms with E-state index in [9.17, 15) is 9.59 Å². The summed E-state index contributed by atoms with van der Waals surface area (Å²) in [5.41, 5.74) is 0. The van der Waals surface area contributed by atoms with Gasteiger partial charge in [-0.25, -0.2) is 4.79 Å². The van der Waals surface area contributed by atoms with E-state index < -0.39 is 12.1 Å². The molecule has 2 N–H and O–H groups in total. The second kappa shape index (κ2) is 5.42. The van der Waals surface area contributed by atoms with Gasteiger partial charge in [-0.3, -0.25) is 4.79 Å². The van der Waals surface area contributed by atoms with Gasteiger partial charge in [-0.05, 0) is 37.5 Å². The van der Waals surface area contributed by atoms with Crippen LogP contribution in [0.15, 0.2) is 12.7 Å². The number of carbonyl (C=O) groups excluding carboxylic acids is 1. The van der Waals surface area contributed by atoms with Crippen LogP contribution in [0.25, 0.3) is 0 Å². The van der Waals surface area contributed by atoms with Crippen LogP contribution in [0.3, 0.4) is 0 Å². The van der Waals surface area contributed by atoms with Gasteiger partial charge in [0.05, 0.1) is 5.92 Å². The molecule has 0 unspecified atom stereocenters. The second-order valence-corrected chi connectivity index (χ2v) is 5.15. The normalized spacial score (nSPS) is 33.8. The predicted molar refractivity (Wildman–Crippen MR) is 65.0 cm³/mol. The van der Waals surface area contributed by atoms with Crippen molar-refractivity contribution >= 4 is 12.1 Å². The molecule has 18 heavy (non-hydrogen) atoms. The molecule has 5 nitrogen and oxygen atoms in total. The van der Waals surface area contributed by atoms with Crippen LogP contribution in [-0.4, -0.2) is 29.8 Å². The molecule has 1 amide bonds. The molecule has 0 aromatic carbocycles. The number of hydrogen-bond acceptors (Lipinski definition) is 3. The van der Waals surface area contributed by atoms with Crippen LogP contribution >= 0.6 is 0 Å². The van der Waals surface area contributed by atoms with Crippen LogP contribution in [0.2, 0.25) is 0 Å². The molecule has 3 aliphatic rings. The maximum absolute atomic E-state index is 11.5. The number of aliphatic carboxylic acids is 1. The number of carbonyl (C=O) groups is 2. The van der Waals surface area contributed by atoms with E-state index in [2.05, 4.69) is 11.9 Å². The van der Waals surface area contributed by atoms with Crippen LogP contribution in [-0.2, 0) is 9.53 Å². The molecule has 0 radical (unpaired) electrons. The molecular formula is C13H19NO4. The minimum absolute atomic E-state index is 0.0664. The Morgan fingerprint density at radius 3 is 2.61 bits per heavy atom. The Bertz CT molecular complexity index is 355. The fourth-order valence-electron chi connectivity index (χ4n) is 3.24. The highest BCUT2D eigenvalue weighted by atomic mass is 16.5. The molecular weight excluding hydrogens is 234 g/mol. The molecule has 3 fully saturated rings. The molecule has 3 rings (SSSR count). The summed E-state index contributed by atoms with van der Waals surface area (Å²) in [5.74, 6) is -0.465. The summed E-state index contributed by atoms with van der Waals surface area (Å²) in [5, 5.41) is 12.0. The summed E-state index contributed by atoms with van der Waals surface area (Å²) in [7, 11) is 0. The summed E-state index contributed by atoms with van der Waals surface area (Å²) in [6.45, 7) is 3.68. The van der Waals surface area contributed by atoms with E-state index in [4.69, 9.17) is 9.84 Å². The molecule has 0 aliphatic heterocycles. The zero-order valence-electron chi connectivity index (χ0n) is 10.3. The fraction of sp³-hybridized carbons (Fsp3) is 0.692. The summed E-state index contributed by atoms with van der Waals surface area (Å²) in [6, 6.07) is 0.0664. The topological polar surface area (TPSA) is 75.6 Å². The Morgan fingerprint density at radius 1 is 1.33 bits per heavy atom. The molecule has 0 saturated heterocycles. The van der Waals surface area contributed by atoms with Crippen molar-refractivity contribution in [3.63, 3.8) is 0 Å². The van der Waals surface area contributed by atoms with Gasteiger partial charge in [-0.1, -0.05) is 12.7 Å². The van der Waals surface area contributed by atoms with Crippen molar-refractivity contribution in [3.05, 3.63) is 12.7 Å². The summed E-state index contributed by atoms with van der Waals surface area (Å²) in [4.78, 5) is 22.6. The monoisotopic (exact) mass is 253 g/mol. The van der Waals surface area contributed by atoms with Gasteiger partial charge in [0, 0.05) is 6.04 Å². The van der Waals surface area contributed by atoms with Crippen LogP contribution in [0.4, 0.5) is 4.79 Å². The first-order chi connectivity index (χ1) is 8.61. The highest BCUT2D eigenvalue weighted by molar-refractivity contribution is 5.71. The minimum atomic E-state index is -0.697. The van der Waals surface area contributed by atoms with Crippen molar-refractivity contribution in [2.75, 3.05) is 6.61 Å². The Kier molecular flexibility index (Phi) is 3.89. The second-order valence-electron chi connectivity index (χ2n) is 5.15. The lowest BCUT2D eigenvalue weighted by molar-refractivity contribution is -0.148. The number of carboxylic acids is 1. The Balaban J connectivity index is 1.88. The van der Waals surface area contributed by atoms with E-state index in [1.54, 1.807) is 0 Å². The largest absolute Gasteiger partial charge is 0.481 e. The number of nitrogens with one attached hydrogen (secondary N) is 1. The maximum Gasteiger partial charge on any atom is 0.407 e. The summed E-state index contributed by atoms with van der Waals surface area (Å²) in [6.07, 6.45) is 4.48. The zero-order chi connectivity index (χ0) is 13.1. The van der Waals surface area contributed by atoms with Crippen LogP contribution in [0.5, 0.6) is 0 Å². The van der Waals surface area contributed by atoms with Gasteiger partial charge in [-0.2, -0.15) is 0 Å². The molecule has 0 aromatic rings. The predicted octanol–water partition coefficient (Wildman–Crippen LogP) is 1.79. The van der Waals surface area contributed by atoms with Crippen molar-refractivity contribution < 1.29 is 19.4 Å². The lowest BCUT2D eigenvalue weighted by atomic mass is 9.62. The highest BCUT2D eigenvalue weighted by Crippen LogP contribution is 2.45. The Labute approximate surface area is 106 Å². The SMILES string of the molecule is C=CCOC(=O)N[C@@H]1C[C@H]2CC[C@@H]1C[C@H]2C(=O)O. The van der Waals surface area contributed by atoms with E-state index in [1.807, 2.05) is 0 Å². The van der Waals surface area contributed by atoms with Crippen molar-refractivity contribution in [2.45, 2.75) is 31.7 Å². The van der Waals surface area contributed by atoms with Crippen molar-refractivity contribution in [3.8, 4) is 0 Å². The van der Waals surface area contributed by atoms with Gasteiger partial charge < -0.3 is 15.2 Å². The van der Waals surface area contributed by atoms with Crippen LogP contribution in [0.1, 0.15) is 25.7 Å². The number of amides is 1. The number of ether oxygens (including phenoxy) is 1. The third-order valence-electron chi connectivity index (χ3n) is 4.11. The molecule has 3 aliphatic carbocycles. The van der Waals surface area contributed by atoms with Gasteiger partial charge in [0.2, 0.25) is 0 Å². The molecule has 0 heterocycles. The summed E-state index contributed by atoms with van der Waals surface area (Å²) < 4.78 is 4.89. The fourth-order valence-corrected chi connectivity index (χ4v) is 3.24. The molecule has 0 spiro atoms. The average molecular weight is 253 g/mol. The van der Waals surface area contributed by atoms with Crippen molar-refractivity contribution in [1.29, 1.82) is 0 Å².